The number of anilines is 2. The third kappa shape index (κ3) is 3.67. The van der Waals surface area contributed by atoms with E-state index in [0.717, 1.165) is 11.1 Å². The molecule has 2 heterocycles. The number of fused-ring (bicyclic) bond motifs is 1. The molecule has 136 valence electrons. The number of pyridine rings is 1. The number of hydroxylamine groups is 1. The van der Waals surface area contributed by atoms with Crippen LogP contribution < -0.4 is 10.8 Å². The number of nitrogens with zero attached hydrogens (tertiary/aromatic N) is 1. The molecule has 0 aliphatic heterocycles. The number of benzene rings is 1. The van der Waals surface area contributed by atoms with E-state index in [1.807, 2.05) is 6.92 Å². The number of aliphatic hydroxyl groups is 1. The zero-order valence-corrected chi connectivity index (χ0v) is 15.1. The molecule has 6 nitrogen and oxygen atoms in total. The van der Waals surface area contributed by atoms with Crippen molar-refractivity contribution in [2.45, 2.75) is 13.8 Å². The average Bonchev–Trinajstić information content (AvgIpc) is 2.97. The highest BCUT2D eigenvalue weighted by Gasteiger charge is 2.22. The molecule has 0 saturated heterocycles. The number of rotatable bonds is 6. The molecule has 0 atom stereocenters. The number of thiophene rings is 1. The summed E-state index contributed by atoms with van der Waals surface area (Å²) in [4.78, 5) is 22.5. The van der Waals surface area contributed by atoms with Crippen LogP contribution in [0.4, 0.5) is 15.1 Å². The van der Waals surface area contributed by atoms with E-state index in [-0.39, 0.29) is 18.9 Å². The van der Waals surface area contributed by atoms with E-state index in [2.05, 4.69) is 15.8 Å². The molecule has 0 spiro atoms. The molecule has 0 radical (unpaired) electrons. The van der Waals surface area contributed by atoms with Gasteiger partial charge in [0.15, 0.2) is 0 Å². The molecule has 0 aliphatic carbocycles. The quantitative estimate of drug-likeness (QED) is 0.454. The lowest BCUT2D eigenvalue weighted by molar-refractivity contribution is 0.0170. The van der Waals surface area contributed by atoms with Crippen molar-refractivity contribution in [3.63, 3.8) is 0 Å². The molecule has 2 aromatic heterocycles. The predicted molar refractivity (Wildman–Crippen MR) is 99.3 cm³/mol. The monoisotopic (exact) mass is 375 g/mol. The van der Waals surface area contributed by atoms with Gasteiger partial charge < -0.3 is 10.4 Å². The van der Waals surface area contributed by atoms with Crippen LogP contribution in [-0.4, -0.2) is 29.2 Å². The molecule has 0 bridgehead atoms. The first kappa shape index (κ1) is 18.2. The lowest BCUT2D eigenvalue weighted by Gasteiger charge is -2.10. The smallest absolute Gasteiger partial charge is 0.278 e. The molecule has 26 heavy (non-hydrogen) atoms. The number of halogens is 1. The van der Waals surface area contributed by atoms with Crippen LogP contribution in [0, 0.1) is 19.7 Å². The average molecular weight is 375 g/mol. The molecule has 8 heteroatoms. The third-order valence-electron chi connectivity index (χ3n) is 3.76. The molecule has 1 aromatic carbocycles. The zero-order valence-electron chi connectivity index (χ0n) is 14.3. The van der Waals surface area contributed by atoms with E-state index in [4.69, 9.17) is 9.94 Å². The molecule has 0 aliphatic rings. The van der Waals surface area contributed by atoms with Crippen molar-refractivity contribution in [2.75, 3.05) is 18.5 Å². The topological polar surface area (TPSA) is 83.5 Å². The highest BCUT2D eigenvalue weighted by molar-refractivity contribution is 7.23. The summed E-state index contributed by atoms with van der Waals surface area (Å²) in [6.45, 7) is 3.43. The fourth-order valence-corrected chi connectivity index (χ4v) is 3.67. The van der Waals surface area contributed by atoms with Crippen molar-refractivity contribution < 1.29 is 19.1 Å². The summed E-state index contributed by atoms with van der Waals surface area (Å²) in [7, 11) is 0. The Hall–Kier alpha value is -2.55. The Morgan fingerprint density at radius 1 is 1.35 bits per heavy atom. The van der Waals surface area contributed by atoms with Gasteiger partial charge in [-0.1, -0.05) is 17.4 Å². The van der Waals surface area contributed by atoms with Crippen molar-refractivity contribution in [3.8, 4) is 0 Å². The number of aliphatic hydroxyl groups excluding tert-OH is 1. The number of hydrogen-bond donors (Lipinski definition) is 3. The summed E-state index contributed by atoms with van der Waals surface area (Å²) in [5.74, 6) is -0.897. The van der Waals surface area contributed by atoms with Crippen LogP contribution in [0.25, 0.3) is 10.2 Å². The Kier molecular flexibility index (Phi) is 5.46. The van der Waals surface area contributed by atoms with Crippen LogP contribution in [-0.2, 0) is 4.84 Å². The van der Waals surface area contributed by atoms with Crippen LogP contribution in [0.2, 0.25) is 0 Å². The lowest BCUT2D eigenvalue weighted by Crippen LogP contribution is -2.25. The largest absolute Gasteiger partial charge is 0.394 e. The Labute approximate surface area is 153 Å². The summed E-state index contributed by atoms with van der Waals surface area (Å²) in [5.41, 5.74) is 4.57. The first-order chi connectivity index (χ1) is 12.5. The molecule has 0 fully saturated rings. The third-order valence-corrected chi connectivity index (χ3v) is 4.77. The minimum atomic E-state index is -0.490. The SMILES string of the molecule is Cc1ccc(Nc2sc3nccc(C)c3c2C(=O)NOCCO)c(F)c1. The molecule has 1 amide bonds. The van der Waals surface area contributed by atoms with Crippen LogP contribution in [0.5, 0.6) is 0 Å². The molecular formula is C18H18FN3O3S. The summed E-state index contributed by atoms with van der Waals surface area (Å²) in [6, 6.07) is 6.63. The standard InChI is InChI=1S/C18H18FN3O3S/c1-10-3-4-13(12(19)9-10)21-18-15(16(24)22-25-8-7-23)14-11(2)5-6-20-17(14)26-18/h3-6,9,21,23H,7-8H2,1-2H3,(H,22,24). The maximum absolute atomic E-state index is 14.2. The normalized spacial score (nSPS) is 10.9. The molecule has 0 saturated carbocycles. The van der Waals surface area contributed by atoms with Gasteiger partial charge in [-0.05, 0) is 43.2 Å². The number of aromatic nitrogens is 1. The van der Waals surface area contributed by atoms with E-state index in [9.17, 15) is 9.18 Å². The van der Waals surface area contributed by atoms with Gasteiger partial charge in [0.25, 0.3) is 5.91 Å². The number of nitrogens with one attached hydrogen (secondary N) is 2. The minimum absolute atomic E-state index is 0.0274. The number of aryl methyl sites for hydroxylation is 2. The summed E-state index contributed by atoms with van der Waals surface area (Å²) < 4.78 is 14.2. The van der Waals surface area contributed by atoms with Crippen LogP contribution in [0.15, 0.2) is 30.5 Å². The van der Waals surface area contributed by atoms with Crippen molar-refractivity contribution in [3.05, 3.63) is 53.0 Å². The molecular weight excluding hydrogens is 357 g/mol. The van der Waals surface area contributed by atoms with Gasteiger partial charge in [0, 0.05) is 11.6 Å². The number of carbonyl (C=O) groups excluding carboxylic acids is 1. The minimum Gasteiger partial charge on any atom is -0.394 e. The second kappa shape index (κ2) is 7.77. The first-order valence-electron chi connectivity index (χ1n) is 7.95. The summed E-state index contributed by atoms with van der Waals surface area (Å²) >= 11 is 1.26. The lowest BCUT2D eigenvalue weighted by atomic mass is 10.1. The van der Waals surface area contributed by atoms with Gasteiger partial charge >= 0.3 is 0 Å². The van der Waals surface area contributed by atoms with Crippen molar-refractivity contribution >= 4 is 38.1 Å². The van der Waals surface area contributed by atoms with Crippen LogP contribution in [0.1, 0.15) is 21.5 Å². The second-order valence-corrected chi connectivity index (χ2v) is 6.72. The van der Waals surface area contributed by atoms with Gasteiger partial charge in [0.1, 0.15) is 15.6 Å². The van der Waals surface area contributed by atoms with Gasteiger partial charge in [-0.2, -0.15) is 0 Å². The number of amides is 1. The van der Waals surface area contributed by atoms with Crippen molar-refractivity contribution in [1.29, 1.82) is 0 Å². The van der Waals surface area contributed by atoms with Crippen LogP contribution >= 0.6 is 11.3 Å². The Bertz CT molecular complexity index is 958. The fourth-order valence-electron chi connectivity index (χ4n) is 2.54. The van der Waals surface area contributed by atoms with E-state index >= 15 is 0 Å². The predicted octanol–water partition coefficient (Wildman–Crippen LogP) is 3.45. The molecule has 3 N–H and O–H groups in total. The van der Waals surface area contributed by atoms with Crippen LogP contribution in [0.3, 0.4) is 0 Å². The zero-order chi connectivity index (χ0) is 18.7. The highest BCUT2D eigenvalue weighted by atomic mass is 32.1. The fraction of sp³-hybridized carbons (Fsp3) is 0.222. The van der Waals surface area contributed by atoms with Crippen molar-refractivity contribution in [1.82, 2.24) is 10.5 Å². The van der Waals surface area contributed by atoms with E-state index in [0.29, 0.717) is 20.8 Å². The molecule has 0 unspecified atom stereocenters. The molecule has 3 rings (SSSR count). The van der Waals surface area contributed by atoms with E-state index < -0.39 is 11.7 Å². The van der Waals surface area contributed by atoms with E-state index in [1.165, 1.54) is 17.4 Å². The Morgan fingerprint density at radius 2 is 2.15 bits per heavy atom. The molecule has 3 aromatic rings. The Balaban J connectivity index is 2.04. The maximum Gasteiger partial charge on any atom is 0.278 e. The number of hydrogen-bond acceptors (Lipinski definition) is 6. The van der Waals surface area contributed by atoms with Gasteiger partial charge in [0.2, 0.25) is 0 Å². The number of carbonyl (C=O) groups is 1. The Morgan fingerprint density at radius 3 is 2.88 bits per heavy atom. The first-order valence-corrected chi connectivity index (χ1v) is 8.77. The maximum atomic E-state index is 14.2. The van der Waals surface area contributed by atoms with Gasteiger partial charge in [0.05, 0.1) is 24.5 Å². The summed E-state index contributed by atoms with van der Waals surface area (Å²) in [6.07, 6.45) is 1.66. The van der Waals surface area contributed by atoms with E-state index in [1.54, 1.807) is 31.3 Å². The highest BCUT2D eigenvalue weighted by Crippen LogP contribution is 2.38. The van der Waals surface area contributed by atoms with Gasteiger partial charge in [-0.3, -0.25) is 9.63 Å². The van der Waals surface area contributed by atoms with Gasteiger partial charge in [-0.15, -0.1) is 0 Å². The second-order valence-electron chi connectivity index (χ2n) is 5.73. The van der Waals surface area contributed by atoms with Gasteiger partial charge in [-0.25, -0.2) is 14.9 Å². The summed E-state index contributed by atoms with van der Waals surface area (Å²) in [5, 5.41) is 12.9. The van der Waals surface area contributed by atoms with Crippen molar-refractivity contribution in [2.24, 2.45) is 0 Å².